The summed E-state index contributed by atoms with van der Waals surface area (Å²) in [5.74, 6) is 0.996. The summed E-state index contributed by atoms with van der Waals surface area (Å²) in [5.41, 5.74) is 5.04. The summed E-state index contributed by atoms with van der Waals surface area (Å²) in [7, 11) is 0. The summed E-state index contributed by atoms with van der Waals surface area (Å²) < 4.78 is 12.9. The molecule has 8 heteroatoms. The third-order valence-electron chi connectivity index (χ3n) is 6.17. The Bertz CT molecular complexity index is 845. The van der Waals surface area contributed by atoms with Crippen molar-refractivity contribution in [1.82, 2.24) is 25.2 Å². The van der Waals surface area contributed by atoms with Crippen LogP contribution in [0.15, 0.2) is 4.52 Å². The van der Waals surface area contributed by atoms with Crippen molar-refractivity contribution in [3.63, 3.8) is 0 Å². The van der Waals surface area contributed by atoms with Gasteiger partial charge in [-0.25, -0.2) is 0 Å². The number of aryl methyl sites for hydroxylation is 3. The van der Waals surface area contributed by atoms with Gasteiger partial charge in [-0.05, 0) is 52.6 Å². The van der Waals surface area contributed by atoms with E-state index in [4.69, 9.17) is 14.4 Å². The van der Waals surface area contributed by atoms with E-state index in [2.05, 4.69) is 27.0 Å². The lowest BCUT2D eigenvalue weighted by Gasteiger charge is -2.31. The number of nitrogens with one attached hydrogen (secondary N) is 1. The molecule has 8 nitrogen and oxygen atoms in total. The van der Waals surface area contributed by atoms with Crippen LogP contribution < -0.4 is 5.32 Å². The summed E-state index contributed by atoms with van der Waals surface area (Å²) in [4.78, 5) is 14.9. The third-order valence-corrected chi connectivity index (χ3v) is 6.17. The molecular formula is C21H31N5O3. The summed E-state index contributed by atoms with van der Waals surface area (Å²) in [6.45, 7) is 11.8. The van der Waals surface area contributed by atoms with Crippen LogP contribution in [-0.2, 0) is 30.9 Å². The van der Waals surface area contributed by atoms with Gasteiger partial charge in [0.1, 0.15) is 11.3 Å². The second-order valence-electron chi connectivity index (χ2n) is 8.12. The fourth-order valence-corrected chi connectivity index (χ4v) is 4.46. The standard InChI is InChI=1S/C21H31N5O3/c1-4-26-19-7-10-28-13-17(19)18(23-26)12-25-8-5-16(6-9-25)11-22-21(27)20-14(2)24-29-15(20)3/h16H,4-13H2,1-3H3,(H,22,27). The van der Waals surface area contributed by atoms with Gasteiger partial charge in [0.05, 0.1) is 24.6 Å². The molecular weight excluding hydrogens is 370 g/mol. The monoisotopic (exact) mass is 401 g/mol. The minimum Gasteiger partial charge on any atom is -0.376 e. The number of carbonyl (C=O) groups is 1. The largest absolute Gasteiger partial charge is 0.376 e. The fraction of sp³-hybridized carbons (Fsp3) is 0.667. The van der Waals surface area contributed by atoms with Crippen LogP contribution in [0.1, 0.15) is 58.5 Å². The maximum atomic E-state index is 12.4. The van der Waals surface area contributed by atoms with Gasteiger partial charge in [0, 0.05) is 37.3 Å². The summed E-state index contributed by atoms with van der Waals surface area (Å²) in [5, 5.41) is 11.8. The highest BCUT2D eigenvalue weighted by molar-refractivity contribution is 5.96. The van der Waals surface area contributed by atoms with Crippen molar-refractivity contribution >= 4 is 5.91 Å². The molecule has 2 aliphatic rings. The number of fused-ring (bicyclic) bond motifs is 1. The van der Waals surface area contributed by atoms with Gasteiger partial charge in [-0.3, -0.25) is 14.4 Å². The van der Waals surface area contributed by atoms with Crippen LogP contribution in [0.25, 0.3) is 0 Å². The molecule has 29 heavy (non-hydrogen) atoms. The smallest absolute Gasteiger partial charge is 0.256 e. The third kappa shape index (κ3) is 4.23. The predicted molar refractivity (Wildman–Crippen MR) is 108 cm³/mol. The maximum absolute atomic E-state index is 12.4. The van der Waals surface area contributed by atoms with Crippen molar-refractivity contribution in [2.45, 2.75) is 59.7 Å². The van der Waals surface area contributed by atoms with Crippen molar-refractivity contribution < 1.29 is 14.1 Å². The average Bonchev–Trinajstić information content (AvgIpc) is 3.27. The molecule has 0 aromatic carbocycles. The molecule has 0 spiro atoms. The molecule has 2 aromatic heterocycles. The first-order chi connectivity index (χ1) is 14.1. The first-order valence-electron chi connectivity index (χ1n) is 10.6. The molecule has 2 aromatic rings. The van der Waals surface area contributed by atoms with E-state index in [1.165, 1.54) is 17.0 Å². The van der Waals surface area contributed by atoms with Gasteiger partial charge in [0.2, 0.25) is 0 Å². The summed E-state index contributed by atoms with van der Waals surface area (Å²) in [6, 6.07) is 0. The second-order valence-corrected chi connectivity index (χ2v) is 8.12. The van der Waals surface area contributed by atoms with Gasteiger partial charge in [-0.2, -0.15) is 5.10 Å². The molecule has 158 valence electrons. The predicted octanol–water partition coefficient (Wildman–Crippen LogP) is 2.22. The number of nitrogens with zero attached hydrogens (tertiary/aromatic N) is 4. The number of likely N-dealkylation sites (tertiary alicyclic amines) is 1. The molecule has 4 rings (SSSR count). The van der Waals surface area contributed by atoms with Crippen LogP contribution >= 0.6 is 0 Å². The molecule has 4 heterocycles. The number of amides is 1. The van der Waals surface area contributed by atoms with Crippen LogP contribution in [0.3, 0.4) is 0 Å². The lowest BCUT2D eigenvalue weighted by Crippen LogP contribution is -2.38. The van der Waals surface area contributed by atoms with E-state index >= 15 is 0 Å². The lowest BCUT2D eigenvalue weighted by molar-refractivity contribution is 0.0932. The minimum atomic E-state index is -0.0830. The summed E-state index contributed by atoms with van der Waals surface area (Å²) in [6.07, 6.45) is 3.12. The molecule has 0 radical (unpaired) electrons. The van der Waals surface area contributed by atoms with E-state index < -0.39 is 0 Å². The first kappa shape index (κ1) is 20.1. The zero-order valence-corrected chi connectivity index (χ0v) is 17.7. The number of hydrogen-bond donors (Lipinski definition) is 1. The van der Waals surface area contributed by atoms with Gasteiger partial charge in [-0.1, -0.05) is 5.16 Å². The van der Waals surface area contributed by atoms with E-state index in [-0.39, 0.29) is 5.91 Å². The molecule has 1 saturated heterocycles. The molecule has 0 unspecified atom stereocenters. The second kappa shape index (κ2) is 8.67. The highest BCUT2D eigenvalue weighted by Crippen LogP contribution is 2.24. The topological polar surface area (TPSA) is 85.4 Å². The van der Waals surface area contributed by atoms with E-state index in [0.717, 1.165) is 52.0 Å². The van der Waals surface area contributed by atoms with Crippen LogP contribution in [-0.4, -0.2) is 52.0 Å². The Balaban J connectivity index is 1.28. The Morgan fingerprint density at radius 1 is 1.28 bits per heavy atom. The zero-order valence-electron chi connectivity index (χ0n) is 17.7. The number of ether oxygens (including phenoxy) is 1. The molecule has 0 aliphatic carbocycles. The number of carbonyl (C=O) groups excluding carboxylic acids is 1. The van der Waals surface area contributed by atoms with E-state index in [1.54, 1.807) is 13.8 Å². The average molecular weight is 402 g/mol. The van der Waals surface area contributed by atoms with Crippen molar-refractivity contribution in [2.24, 2.45) is 5.92 Å². The number of rotatable bonds is 6. The highest BCUT2D eigenvalue weighted by atomic mass is 16.5. The van der Waals surface area contributed by atoms with E-state index in [1.807, 2.05) is 0 Å². The first-order valence-corrected chi connectivity index (χ1v) is 10.6. The van der Waals surface area contributed by atoms with E-state index in [0.29, 0.717) is 36.1 Å². The molecule has 0 saturated carbocycles. The molecule has 1 amide bonds. The van der Waals surface area contributed by atoms with Crippen LogP contribution in [0.2, 0.25) is 0 Å². The zero-order chi connectivity index (χ0) is 20.4. The van der Waals surface area contributed by atoms with Crippen LogP contribution in [0.4, 0.5) is 0 Å². The molecule has 1 fully saturated rings. The SMILES string of the molecule is CCn1nc(CN2CCC(CNC(=O)c3c(C)noc3C)CC2)c2c1CCOC2. The maximum Gasteiger partial charge on any atom is 0.256 e. The van der Waals surface area contributed by atoms with Gasteiger partial charge >= 0.3 is 0 Å². The molecule has 1 N–H and O–H groups in total. The molecule has 0 atom stereocenters. The van der Waals surface area contributed by atoms with E-state index in [9.17, 15) is 4.79 Å². The van der Waals surface area contributed by atoms with Crippen molar-refractivity contribution in [3.8, 4) is 0 Å². The number of hydrogen-bond acceptors (Lipinski definition) is 6. The quantitative estimate of drug-likeness (QED) is 0.799. The van der Waals surface area contributed by atoms with Crippen molar-refractivity contribution in [3.05, 3.63) is 34.0 Å². The Kier molecular flexibility index (Phi) is 6.01. The van der Waals surface area contributed by atoms with Crippen LogP contribution in [0, 0.1) is 19.8 Å². The van der Waals surface area contributed by atoms with Gasteiger partial charge in [0.15, 0.2) is 0 Å². The Morgan fingerprint density at radius 2 is 2.07 bits per heavy atom. The van der Waals surface area contributed by atoms with Gasteiger partial charge < -0.3 is 14.6 Å². The normalized spacial score (nSPS) is 18.0. The van der Waals surface area contributed by atoms with Crippen molar-refractivity contribution in [1.29, 1.82) is 0 Å². The molecule has 2 aliphatic heterocycles. The molecule has 0 bridgehead atoms. The lowest BCUT2D eigenvalue weighted by atomic mass is 9.96. The Labute approximate surface area is 171 Å². The van der Waals surface area contributed by atoms with Gasteiger partial charge in [0.25, 0.3) is 5.91 Å². The fourth-order valence-electron chi connectivity index (χ4n) is 4.46. The Morgan fingerprint density at radius 3 is 2.76 bits per heavy atom. The Hall–Kier alpha value is -2.19. The van der Waals surface area contributed by atoms with Crippen LogP contribution in [0.5, 0.6) is 0 Å². The number of aromatic nitrogens is 3. The highest BCUT2D eigenvalue weighted by Gasteiger charge is 2.25. The number of piperidine rings is 1. The van der Waals surface area contributed by atoms with Crippen molar-refractivity contribution in [2.75, 3.05) is 26.2 Å². The minimum absolute atomic E-state index is 0.0830. The van der Waals surface area contributed by atoms with Gasteiger partial charge in [-0.15, -0.1) is 0 Å². The summed E-state index contributed by atoms with van der Waals surface area (Å²) >= 11 is 0.